The first kappa shape index (κ1) is 28.3. The topological polar surface area (TPSA) is 88.0 Å². The molecule has 0 saturated heterocycles. The summed E-state index contributed by atoms with van der Waals surface area (Å²) in [5.74, 6) is 0.155. The molecular formula is C34H34N2O4S. The van der Waals surface area contributed by atoms with Gasteiger partial charge < -0.3 is 15.2 Å². The lowest BCUT2D eigenvalue weighted by Crippen LogP contribution is -2.27. The number of aromatic carboxylic acids is 1. The van der Waals surface area contributed by atoms with Crippen molar-refractivity contribution in [3.63, 3.8) is 0 Å². The van der Waals surface area contributed by atoms with Crippen molar-refractivity contribution < 1.29 is 19.4 Å². The number of hydrogen-bond acceptors (Lipinski definition) is 5. The molecule has 0 unspecified atom stereocenters. The highest BCUT2D eigenvalue weighted by atomic mass is 32.1. The highest BCUT2D eigenvalue weighted by Gasteiger charge is 2.33. The van der Waals surface area contributed by atoms with E-state index in [2.05, 4.69) is 26.1 Å². The second-order valence-electron chi connectivity index (χ2n) is 11.4. The van der Waals surface area contributed by atoms with Gasteiger partial charge >= 0.3 is 5.97 Å². The number of para-hydroxylation sites is 1. The number of carboxylic acids is 1. The van der Waals surface area contributed by atoms with E-state index in [-0.39, 0.29) is 23.5 Å². The van der Waals surface area contributed by atoms with Crippen molar-refractivity contribution in [2.75, 3.05) is 5.32 Å². The molecule has 41 heavy (non-hydrogen) atoms. The maximum Gasteiger partial charge on any atom is 0.335 e. The SMILES string of the molecule is CC(C)(C)[C@@H]1CCc2c(sc(N=Cc3ccc(OCc4cccc(C(=O)O)c4)cc3)c2C(=O)Nc2ccccc2)C1. The molecule has 5 rings (SSSR count). The standard InChI is InChI=1S/C34H34N2O4S/c1-34(2,3)25-14-17-28-29(19-25)41-32(30(28)31(37)36-26-10-5-4-6-11-26)35-20-22-12-15-27(16-13-22)40-21-23-8-7-9-24(18-23)33(38)39/h4-13,15-16,18,20,25H,14,17,19,21H2,1-3H3,(H,36,37)(H,38,39)/t25-/m1/s1. The molecule has 0 saturated carbocycles. The summed E-state index contributed by atoms with van der Waals surface area (Å²) in [7, 11) is 0. The molecule has 6 nitrogen and oxygen atoms in total. The number of rotatable bonds is 8. The third kappa shape index (κ3) is 6.92. The summed E-state index contributed by atoms with van der Waals surface area (Å²) in [5.41, 5.74) is 4.69. The van der Waals surface area contributed by atoms with E-state index < -0.39 is 5.97 Å². The van der Waals surface area contributed by atoms with Gasteiger partial charge in [0.2, 0.25) is 0 Å². The number of thiophene rings is 1. The summed E-state index contributed by atoms with van der Waals surface area (Å²) in [6, 6.07) is 23.8. The minimum atomic E-state index is -0.961. The van der Waals surface area contributed by atoms with Crippen LogP contribution in [0.25, 0.3) is 0 Å². The van der Waals surface area contributed by atoms with Crippen LogP contribution in [0, 0.1) is 11.3 Å². The van der Waals surface area contributed by atoms with Crippen molar-refractivity contribution in [3.8, 4) is 5.75 Å². The van der Waals surface area contributed by atoms with E-state index in [9.17, 15) is 14.7 Å². The van der Waals surface area contributed by atoms with Crippen molar-refractivity contribution >= 4 is 40.1 Å². The largest absolute Gasteiger partial charge is 0.489 e. The number of carboxylic acid groups (broad SMARTS) is 1. The lowest BCUT2D eigenvalue weighted by Gasteiger charge is -2.33. The van der Waals surface area contributed by atoms with E-state index in [0.717, 1.165) is 46.6 Å². The normalized spacial score (nSPS) is 15.0. The van der Waals surface area contributed by atoms with Crippen LogP contribution in [0.5, 0.6) is 5.75 Å². The summed E-state index contributed by atoms with van der Waals surface area (Å²) >= 11 is 1.63. The maximum absolute atomic E-state index is 13.5. The highest BCUT2D eigenvalue weighted by molar-refractivity contribution is 7.16. The number of hydrogen-bond donors (Lipinski definition) is 2. The molecule has 7 heteroatoms. The zero-order valence-corrected chi connectivity index (χ0v) is 24.3. The molecule has 1 aliphatic rings. The summed E-state index contributed by atoms with van der Waals surface area (Å²) in [5, 5.41) is 13.0. The van der Waals surface area contributed by atoms with Crippen LogP contribution < -0.4 is 10.1 Å². The number of nitrogens with zero attached hydrogens (tertiary/aromatic N) is 1. The van der Waals surface area contributed by atoms with Gasteiger partial charge in [-0.05, 0) is 95.8 Å². The van der Waals surface area contributed by atoms with Crippen molar-refractivity contribution in [3.05, 3.63) is 112 Å². The van der Waals surface area contributed by atoms with Gasteiger partial charge in [-0.25, -0.2) is 9.79 Å². The van der Waals surface area contributed by atoms with Crippen molar-refractivity contribution in [2.24, 2.45) is 16.3 Å². The van der Waals surface area contributed by atoms with Gasteiger partial charge in [0.1, 0.15) is 17.4 Å². The molecule has 1 amide bonds. The first-order valence-corrected chi connectivity index (χ1v) is 14.6. The maximum atomic E-state index is 13.5. The van der Waals surface area contributed by atoms with Crippen molar-refractivity contribution in [1.29, 1.82) is 0 Å². The Morgan fingerprint density at radius 2 is 1.80 bits per heavy atom. The predicted octanol–water partition coefficient (Wildman–Crippen LogP) is 8.18. The van der Waals surface area contributed by atoms with Crippen LogP contribution in [-0.4, -0.2) is 23.2 Å². The Bertz CT molecular complexity index is 1570. The van der Waals surface area contributed by atoms with Gasteiger partial charge in [0, 0.05) is 16.8 Å². The Balaban J connectivity index is 1.34. The Morgan fingerprint density at radius 3 is 2.51 bits per heavy atom. The lowest BCUT2D eigenvalue weighted by molar-refractivity contribution is 0.0696. The molecule has 1 aromatic heterocycles. The zero-order valence-electron chi connectivity index (χ0n) is 23.5. The number of nitrogens with one attached hydrogen (secondary N) is 1. The predicted molar refractivity (Wildman–Crippen MR) is 165 cm³/mol. The lowest BCUT2D eigenvalue weighted by atomic mass is 9.72. The fourth-order valence-electron chi connectivity index (χ4n) is 5.09. The van der Waals surface area contributed by atoms with E-state index in [1.807, 2.05) is 60.7 Å². The minimum Gasteiger partial charge on any atom is -0.489 e. The number of aliphatic imine (C=N–C) groups is 1. The molecular weight excluding hydrogens is 532 g/mol. The third-order valence-electron chi connectivity index (χ3n) is 7.52. The molecule has 1 aliphatic carbocycles. The first-order chi connectivity index (χ1) is 19.7. The van der Waals surface area contributed by atoms with Crippen LogP contribution in [0.15, 0.2) is 83.9 Å². The number of amides is 1. The molecule has 210 valence electrons. The Morgan fingerprint density at radius 1 is 1.05 bits per heavy atom. The van der Waals surface area contributed by atoms with E-state index in [0.29, 0.717) is 17.2 Å². The molecule has 0 aliphatic heterocycles. The van der Waals surface area contributed by atoms with Crippen LogP contribution in [-0.2, 0) is 19.4 Å². The van der Waals surface area contributed by atoms with Gasteiger partial charge in [-0.1, -0.05) is 51.1 Å². The van der Waals surface area contributed by atoms with E-state index in [1.165, 1.54) is 4.88 Å². The number of carbonyl (C=O) groups is 2. The Labute approximate surface area is 244 Å². The smallest absolute Gasteiger partial charge is 0.335 e. The first-order valence-electron chi connectivity index (χ1n) is 13.8. The summed E-state index contributed by atoms with van der Waals surface area (Å²) in [6.45, 7) is 7.14. The minimum absolute atomic E-state index is 0.120. The number of fused-ring (bicyclic) bond motifs is 1. The number of benzene rings is 3. The molecule has 0 bridgehead atoms. The molecule has 2 N–H and O–H groups in total. The van der Waals surface area contributed by atoms with Gasteiger partial charge in [-0.2, -0.15) is 0 Å². The van der Waals surface area contributed by atoms with Gasteiger partial charge in [-0.3, -0.25) is 4.79 Å². The van der Waals surface area contributed by atoms with Gasteiger partial charge in [0.05, 0.1) is 11.1 Å². The number of carbonyl (C=O) groups excluding carboxylic acids is 1. The molecule has 1 atom stereocenters. The van der Waals surface area contributed by atoms with Crippen LogP contribution in [0.4, 0.5) is 10.7 Å². The van der Waals surface area contributed by atoms with E-state index >= 15 is 0 Å². The van der Waals surface area contributed by atoms with Gasteiger partial charge in [0.25, 0.3) is 5.91 Å². The molecule has 0 spiro atoms. The fourth-order valence-corrected chi connectivity index (χ4v) is 6.36. The van der Waals surface area contributed by atoms with Crippen LogP contribution in [0.3, 0.4) is 0 Å². The second kappa shape index (κ2) is 12.1. The van der Waals surface area contributed by atoms with Crippen LogP contribution >= 0.6 is 11.3 Å². The Kier molecular flexibility index (Phi) is 8.36. The van der Waals surface area contributed by atoms with Gasteiger partial charge in [0.15, 0.2) is 0 Å². The molecule has 3 aromatic carbocycles. The third-order valence-corrected chi connectivity index (χ3v) is 8.68. The zero-order chi connectivity index (χ0) is 29.0. The second-order valence-corrected chi connectivity index (χ2v) is 12.5. The fraction of sp³-hybridized carbons (Fsp3) is 0.265. The quantitative estimate of drug-likeness (QED) is 0.211. The molecule has 0 fully saturated rings. The van der Waals surface area contributed by atoms with E-state index in [4.69, 9.17) is 9.73 Å². The average molecular weight is 567 g/mol. The van der Waals surface area contributed by atoms with Gasteiger partial charge in [-0.15, -0.1) is 11.3 Å². The average Bonchev–Trinajstić information content (AvgIpc) is 3.33. The van der Waals surface area contributed by atoms with Crippen LogP contribution in [0.1, 0.15) is 69.5 Å². The highest BCUT2D eigenvalue weighted by Crippen LogP contribution is 2.45. The Hall–Kier alpha value is -4.23. The van der Waals surface area contributed by atoms with E-state index in [1.54, 1.807) is 35.8 Å². The number of ether oxygens (including phenoxy) is 1. The van der Waals surface area contributed by atoms with Crippen molar-refractivity contribution in [2.45, 2.75) is 46.6 Å². The summed E-state index contributed by atoms with van der Waals surface area (Å²) in [4.78, 5) is 30.8. The molecule has 1 heterocycles. The summed E-state index contributed by atoms with van der Waals surface area (Å²) in [6.07, 6.45) is 4.69. The number of anilines is 1. The monoisotopic (exact) mass is 566 g/mol. The molecule has 4 aromatic rings. The molecule has 0 radical (unpaired) electrons. The summed E-state index contributed by atoms with van der Waals surface area (Å²) < 4.78 is 5.86. The van der Waals surface area contributed by atoms with Crippen molar-refractivity contribution in [1.82, 2.24) is 0 Å². The van der Waals surface area contributed by atoms with Crippen LogP contribution in [0.2, 0.25) is 0 Å².